The first kappa shape index (κ1) is 17.9. The molecule has 6 heteroatoms. The van der Waals surface area contributed by atoms with E-state index in [9.17, 15) is 9.59 Å². The van der Waals surface area contributed by atoms with Gasteiger partial charge in [-0.2, -0.15) is 0 Å². The molecule has 0 aliphatic carbocycles. The molecule has 0 radical (unpaired) electrons. The number of alkyl halides is 1. The Balaban J connectivity index is 2.37. The Hall–Kier alpha value is -2.45. The maximum atomic E-state index is 12.3. The number of hydrogen-bond acceptors (Lipinski definition) is 3. The normalized spacial score (nSPS) is 11.5. The minimum absolute atomic E-state index is 0.129. The fourth-order valence-corrected chi connectivity index (χ4v) is 2.73. The summed E-state index contributed by atoms with van der Waals surface area (Å²) in [5.41, 5.74) is 1.90. The summed E-state index contributed by atoms with van der Waals surface area (Å²) in [6, 6.07) is 7.00. The second-order valence-electron chi connectivity index (χ2n) is 5.18. The predicted molar refractivity (Wildman–Crippen MR) is 93.7 cm³/mol. The van der Waals surface area contributed by atoms with Crippen LogP contribution >= 0.6 is 11.6 Å². The van der Waals surface area contributed by atoms with Crippen molar-refractivity contribution in [1.82, 2.24) is 9.88 Å². The van der Waals surface area contributed by atoms with Crippen molar-refractivity contribution in [2.24, 2.45) is 0 Å². The first-order chi connectivity index (χ1) is 11.6. The predicted octanol–water partition coefficient (Wildman–Crippen LogP) is 2.34. The van der Waals surface area contributed by atoms with Crippen molar-refractivity contribution in [3.63, 3.8) is 0 Å². The zero-order valence-corrected chi connectivity index (χ0v) is 14.4. The van der Waals surface area contributed by atoms with Gasteiger partial charge < -0.3 is 14.6 Å². The Morgan fingerprint density at radius 2 is 2.12 bits per heavy atom. The van der Waals surface area contributed by atoms with Crippen LogP contribution in [0.15, 0.2) is 30.5 Å². The molecule has 1 heterocycles. The maximum absolute atomic E-state index is 12.3. The van der Waals surface area contributed by atoms with Crippen molar-refractivity contribution in [2.45, 2.75) is 19.4 Å². The highest BCUT2D eigenvalue weighted by atomic mass is 35.5. The molecular formula is C18H19ClN2O3. The second kappa shape index (κ2) is 8.42. The van der Waals surface area contributed by atoms with E-state index in [2.05, 4.69) is 16.8 Å². The van der Waals surface area contributed by atoms with Crippen LogP contribution in [0.2, 0.25) is 0 Å². The molecule has 126 valence electrons. The van der Waals surface area contributed by atoms with E-state index in [-0.39, 0.29) is 18.3 Å². The number of hydrogen-bond donors (Lipinski definition) is 1. The third-order valence-electron chi connectivity index (χ3n) is 3.80. The summed E-state index contributed by atoms with van der Waals surface area (Å²) in [5, 5.41) is 1.01. The van der Waals surface area contributed by atoms with Crippen LogP contribution in [0.1, 0.15) is 12.5 Å². The molecule has 1 amide bonds. The molecule has 0 unspecified atom stereocenters. The SMILES string of the molecule is CC#CCN(C(=O)CCl)[C@H](Cc1c[nH]c2ccccc12)C(=O)OC. The molecule has 0 aliphatic heterocycles. The smallest absolute Gasteiger partial charge is 0.328 e. The lowest BCUT2D eigenvalue weighted by Gasteiger charge is -2.27. The van der Waals surface area contributed by atoms with Gasteiger partial charge in [-0.05, 0) is 18.6 Å². The van der Waals surface area contributed by atoms with E-state index in [1.165, 1.54) is 12.0 Å². The Bertz CT molecular complexity index is 788. The van der Waals surface area contributed by atoms with Crippen LogP contribution in [0.4, 0.5) is 0 Å². The molecule has 0 bridgehead atoms. The van der Waals surface area contributed by atoms with E-state index >= 15 is 0 Å². The monoisotopic (exact) mass is 346 g/mol. The van der Waals surface area contributed by atoms with E-state index in [0.717, 1.165) is 16.5 Å². The van der Waals surface area contributed by atoms with E-state index in [4.69, 9.17) is 16.3 Å². The number of H-pyrrole nitrogens is 1. The van der Waals surface area contributed by atoms with Gasteiger partial charge >= 0.3 is 5.97 Å². The molecule has 2 rings (SSSR count). The lowest BCUT2D eigenvalue weighted by Crippen LogP contribution is -2.47. The van der Waals surface area contributed by atoms with E-state index in [1.54, 1.807) is 6.92 Å². The molecule has 0 saturated carbocycles. The number of para-hydroxylation sites is 1. The summed E-state index contributed by atoms with van der Waals surface area (Å²) in [5.74, 6) is 4.50. The van der Waals surface area contributed by atoms with Crippen LogP contribution in [-0.2, 0) is 20.7 Å². The van der Waals surface area contributed by atoms with Crippen molar-refractivity contribution < 1.29 is 14.3 Å². The van der Waals surface area contributed by atoms with Crippen molar-refractivity contribution in [2.75, 3.05) is 19.5 Å². The molecular weight excluding hydrogens is 328 g/mol. The Labute approximate surface area is 145 Å². The number of aromatic nitrogens is 1. The second-order valence-corrected chi connectivity index (χ2v) is 5.45. The van der Waals surface area contributed by atoms with Gasteiger partial charge in [-0.25, -0.2) is 4.79 Å². The van der Waals surface area contributed by atoms with Gasteiger partial charge in [-0.15, -0.1) is 17.5 Å². The van der Waals surface area contributed by atoms with Crippen molar-refractivity contribution in [1.29, 1.82) is 0 Å². The van der Waals surface area contributed by atoms with Gasteiger partial charge in [-0.3, -0.25) is 4.79 Å². The fourth-order valence-electron chi connectivity index (χ4n) is 2.58. The maximum Gasteiger partial charge on any atom is 0.328 e. The summed E-state index contributed by atoms with van der Waals surface area (Å²) < 4.78 is 4.89. The highest BCUT2D eigenvalue weighted by molar-refractivity contribution is 6.27. The molecule has 24 heavy (non-hydrogen) atoms. The summed E-state index contributed by atoms with van der Waals surface area (Å²) in [6.45, 7) is 1.81. The molecule has 0 saturated heterocycles. The zero-order valence-electron chi connectivity index (χ0n) is 13.6. The van der Waals surface area contributed by atoms with Crippen LogP contribution in [0.3, 0.4) is 0 Å². The highest BCUT2D eigenvalue weighted by Gasteiger charge is 2.30. The Morgan fingerprint density at radius 3 is 2.79 bits per heavy atom. The number of rotatable bonds is 6. The first-order valence-corrected chi connectivity index (χ1v) is 8.03. The lowest BCUT2D eigenvalue weighted by atomic mass is 10.0. The molecule has 0 fully saturated rings. The number of methoxy groups -OCH3 is 1. The summed E-state index contributed by atoms with van der Waals surface area (Å²) in [4.78, 5) is 29.0. The fraction of sp³-hybridized carbons (Fsp3) is 0.333. The molecule has 0 aliphatic rings. The van der Waals surface area contributed by atoms with Crippen LogP contribution in [0.25, 0.3) is 10.9 Å². The number of nitrogens with zero attached hydrogens (tertiary/aromatic N) is 1. The van der Waals surface area contributed by atoms with Gasteiger partial charge in [0.2, 0.25) is 5.91 Å². The van der Waals surface area contributed by atoms with Gasteiger partial charge in [0, 0.05) is 23.5 Å². The van der Waals surface area contributed by atoms with Crippen molar-refractivity contribution in [3.05, 3.63) is 36.0 Å². The number of halogens is 1. The molecule has 0 spiro atoms. The molecule has 2 aromatic rings. The summed E-state index contributed by atoms with van der Waals surface area (Å²) in [6.07, 6.45) is 2.17. The highest BCUT2D eigenvalue weighted by Crippen LogP contribution is 2.21. The first-order valence-electron chi connectivity index (χ1n) is 7.50. The number of nitrogens with one attached hydrogen (secondary N) is 1. The van der Waals surface area contributed by atoms with E-state index in [1.807, 2.05) is 30.5 Å². The van der Waals surface area contributed by atoms with Crippen LogP contribution in [0.5, 0.6) is 0 Å². The Morgan fingerprint density at radius 1 is 1.38 bits per heavy atom. The van der Waals surface area contributed by atoms with Crippen LogP contribution in [0, 0.1) is 11.8 Å². The molecule has 5 nitrogen and oxygen atoms in total. The third kappa shape index (κ3) is 3.90. The van der Waals surface area contributed by atoms with Crippen molar-refractivity contribution >= 4 is 34.4 Å². The molecule has 1 atom stereocenters. The van der Waals surface area contributed by atoms with Gasteiger partial charge in [0.25, 0.3) is 0 Å². The summed E-state index contributed by atoms with van der Waals surface area (Å²) in [7, 11) is 1.30. The largest absolute Gasteiger partial charge is 0.467 e. The van der Waals surface area contributed by atoms with Gasteiger partial charge in [0.05, 0.1) is 13.7 Å². The number of amides is 1. The molecule has 1 aromatic heterocycles. The number of fused-ring (bicyclic) bond motifs is 1. The lowest BCUT2D eigenvalue weighted by molar-refractivity contribution is -0.151. The standard InChI is InChI=1S/C18H19ClN2O3/c1-3-4-9-21(17(22)11-19)16(18(23)24-2)10-13-12-20-15-8-6-5-7-14(13)15/h5-8,12,16,20H,9-11H2,1-2H3/t16-/m1/s1. The quantitative estimate of drug-likeness (QED) is 0.496. The Kier molecular flexibility index (Phi) is 6.28. The molecule has 1 aromatic carbocycles. The topological polar surface area (TPSA) is 62.4 Å². The average molecular weight is 347 g/mol. The number of esters is 1. The number of carbonyl (C=O) groups is 2. The summed E-state index contributed by atoms with van der Waals surface area (Å²) >= 11 is 5.70. The van der Waals surface area contributed by atoms with Crippen molar-refractivity contribution in [3.8, 4) is 11.8 Å². The number of ether oxygens (including phenoxy) is 1. The van der Waals surface area contributed by atoms with Gasteiger partial charge in [-0.1, -0.05) is 24.1 Å². The zero-order chi connectivity index (χ0) is 17.5. The number of aromatic amines is 1. The van der Waals surface area contributed by atoms with Gasteiger partial charge in [0.15, 0.2) is 0 Å². The average Bonchev–Trinajstić information content (AvgIpc) is 3.03. The minimum Gasteiger partial charge on any atom is -0.467 e. The third-order valence-corrected chi connectivity index (χ3v) is 4.03. The molecule has 1 N–H and O–H groups in total. The van der Waals surface area contributed by atoms with E-state index in [0.29, 0.717) is 6.42 Å². The number of carbonyl (C=O) groups excluding carboxylic acids is 2. The van der Waals surface area contributed by atoms with Crippen LogP contribution in [-0.4, -0.2) is 47.3 Å². The van der Waals surface area contributed by atoms with Gasteiger partial charge in [0.1, 0.15) is 11.9 Å². The van der Waals surface area contributed by atoms with E-state index < -0.39 is 12.0 Å². The minimum atomic E-state index is -0.777. The van der Waals surface area contributed by atoms with Crippen LogP contribution < -0.4 is 0 Å². The number of benzene rings is 1.